The van der Waals surface area contributed by atoms with Gasteiger partial charge in [-0.05, 0) is 49.3 Å². The van der Waals surface area contributed by atoms with E-state index in [1.807, 2.05) is 40.0 Å². The molecule has 7 nitrogen and oxygen atoms in total. The molecule has 3 aromatic rings. The number of rotatable bonds is 0. The Labute approximate surface area is 181 Å². The summed E-state index contributed by atoms with van der Waals surface area (Å²) in [4.78, 5) is 18.4. The van der Waals surface area contributed by atoms with Gasteiger partial charge < -0.3 is 9.64 Å². The Kier molecular flexibility index (Phi) is 4.14. The van der Waals surface area contributed by atoms with Gasteiger partial charge in [-0.3, -0.25) is 14.4 Å². The molecule has 158 valence electrons. The summed E-state index contributed by atoms with van der Waals surface area (Å²) in [5, 5.41) is 8.60. The minimum absolute atomic E-state index is 0.0458. The van der Waals surface area contributed by atoms with Gasteiger partial charge in [0.25, 0.3) is 0 Å². The Morgan fingerprint density at radius 3 is 2.97 bits per heavy atom. The number of benzene rings is 2. The maximum absolute atomic E-state index is 14.2. The summed E-state index contributed by atoms with van der Waals surface area (Å²) in [6, 6.07) is 16.5. The molecule has 2 atom stereocenters. The summed E-state index contributed by atoms with van der Waals surface area (Å²) in [5.41, 5.74) is 3.42. The topological polar surface area (TPSA) is 63.5 Å². The molecule has 6 bridgehead atoms. The van der Waals surface area contributed by atoms with Crippen molar-refractivity contribution in [1.82, 2.24) is 19.9 Å². The second kappa shape index (κ2) is 6.92. The van der Waals surface area contributed by atoms with Crippen molar-refractivity contribution in [2.75, 3.05) is 25.1 Å². The van der Waals surface area contributed by atoms with Gasteiger partial charge in [-0.15, -0.1) is 5.10 Å². The third-order valence-electron chi connectivity index (χ3n) is 6.95. The third kappa shape index (κ3) is 2.73. The monoisotopic (exact) mass is 415 g/mol. The van der Waals surface area contributed by atoms with Gasteiger partial charge >= 0.3 is 0 Å². The number of nitrogens with zero attached hydrogens (tertiary/aromatic N) is 5. The van der Waals surface area contributed by atoms with Gasteiger partial charge in [-0.2, -0.15) is 0 Å². The van der Waals surface area contributed by atoms with E-state index in [2.05, 4.69) is 46.5 Å². The number of likely N-dealkylation sites (N-methyl/N-ethyl adjacent to an activating group) is 1. The fourth-order valence-electron chi connectivity index (χ4n) is 5.62. The Morgan fingerprint density at radius 2 is 2.03 bits per heavy atom. The standard InChI is InChI=1S/C24H25N5O2/c1-27-12-10-24-20-8-2-3-9-21(20)29(23(24)30)16-18-15-28(26-25-18)11-5-13-31-19-7-4-6-17(14-19)22(24)27/h2-4,6-9,14-15,22H,5,10-13,16H2,1H3/t22-,24-/m1/s1. The molecule has 0 saturated carbocycles. The largest absolute Gasteiger partial charge is 0.494 e. The summed E-state index contributed by atoms with van der Waals surface area (Å²) in [7, 11) is 2.12. The number of fused-ring (bicyclic) bond motifs is 8. The number of carbonyl (C=O) groups is 1. The second-order valence-electron chi connectivity index (χ2n) is 8.76. The van der Waals surface area contributed by atoms with Crippen LogP contribution in [0.25, 0.3) is 0 Å². The van der Waals surface area contributed by atoms with E-state index in [0.717, 1.165) is 54.2 Å². The molecule has 1 aromatic heterocycles. The molecule has 1 amide bonds. The normalized spacial score (nSPS) is 25.4. The van der Waals surface area contributed by atoms with Crippen molar-refractivity contribution in [2.24, 2.45) is 0 Å². The molecule has 0 aliphatic carbocycles. The third-order valence-corrected chi connectivity index (χ3v) is 6.95. The minimum atomic E-state index is -0.611. The van der Waals surface area contributed by atoms with Gasteiger partial charge in [0.1, 0.15) is 11.4 Å². The first-order valence-electron chi connectivity index (χ1n) is 10.9. The number of anilines is 1. The van der Waals surface area contributed by atoms with Crippen LogP contribution in [0.5, 0.6) is 5.75 Å². The maximum Gasteiger partial charge on any atom is 0.240 e. The molecule has 0 N–H and O–H groups in total. The zero-order chi connectivity index (χ0) is 21.0. The molecule has 3 aliphatic rings. The van der Waals surface area contributed by atoms with Gasteiger partial charge in [0.15, 0.2) is 0 Å². The summed E-state index contributed by atoms with van der Waals surface area (Å²) < 4.78 is 7.89. The van der Waals surface area contributed by atoms with Crippen LogP contribution in [0.4, 0.5) is 5.69 Å². The lowest BCUT2D eigenvalue weighted by Gasteiger charge is -2.34. The SMILES string of the molecule is CN1CC[C@]23C(=O)N(Cc4cn(nn4)CCCOc4cccc(c4)[C@@H]12)c1ccccc13. The molecule has 1 saturated heterocycles. The number of carbonyl (C=O) groups excluding carboxylic acids is 1. The molecule has 31 heavy (non-hydrogen) atoms. The van der Waals surface area contributed by atoms with Crippen molar-refractivity contribution in [3.8, 4) is 5.75 Å². The Hall–Kier alpha value is -3.19. The van der Waals surface area contributed by atoms with Crippen molar-refractivity contribution in [3.05, 3.63) is 71.5 Å². The van der Waals surface area contributed by atoms with E-state index in [9.17, 15) is 4.79 Å². The molecule has 4 heterocycles. The van der Waals surface area contributed by atoms with Crippen LogP contribution < -0.4 is 9.64 Å². The van der Waals surface area contributed by atoms with Crippen LogP contribution in [-0.2, 0) is 23.3 Å². The van der Waals surface area contributed by atoms with Crippen LogP contribution in [0.1, 0.15) is 35.7 Å². The number of likely N-dealkylation sites (tertiary alicyclic amines) is 1. The van der Waals surface area contributed by atoms with Gasteiger partial charge in [-0.1, -0.05) is 35.5 Å². The van der Waals surface area contributed by atoms with Crippen LogP contribution in [-0.4, -0.2) is 46.0 Å². The Balaban J connectivity index is 1.55. The molecule has 7 heteroatoms. The van der Waals surface area contributed by atoms with Gasteiger partial charge in [0.2, 0.25) is 5.91 Å². The summed E-state index contributed by atoms with van der Waals surface area (Å²) in [6.07, 6.45) is 3.57. The molecular formula is C24H25N5O2. The quantitative estimate of drug-likeness (QED) is 0.565. The zero-order valence-corrected chi connectivity index (χ0v) is 17.6. The van der Waals surface area contributed by atoms with Gasteiger partial charge in [0, 0.05) is 18.7 Å². The van der Waals surface area contributed by atoms with Crippen LogP contribution in [0.15, 0.2) is 54.7 Å². The van der Waals surface area contributed by atoms with Crippen molar-refractivity contribution >= 4 is 11.6 Å². The highest BCUT2D eigenvalue weighted by Crippen LogP contribution is 2.56. The van der Waals surface area contributed by atoms with E-state index in [1.165, 1.54) is 0 Å². The second-order valence-corrected chi connectivity index (χ2v) is 8.76. The predicted molar refractivity (Wildman–Crippen MR) is 116 cm³/mol. The van der Waals surface area contributed by atoms with E-state index < -0.39 is 5.41 Å². The number of hydrogen-bond acceptors (Lipinski definition) is 5. The van der Waals surface area contributed by atoms with Crippen LogP contribution in [0, 0.1) is 0 Å². The number of aromatic nitrogens is 3. The number of amides is 1. The van der Waals surface area contributed by atoms with Gasteiger partial charge in [-0.25, -0.2) is 0 Å². The highest BCUT2D eigenvalue weighted by atomic mass is 16.5. The lowest BCUT2D eigenvalue weighted by atomic mass is 9.72. The first-order valence-corrected chi connectivity index (χ1v) is 10.9. The molecule has 2 aromatic carbocycles. The highest BCUT2D eigenvalue weighted by Gasteiger charge is 2.59. The average Bonchev–Trinajstić information content (AvgIpc) is 3.44. The first-order chi connectivity index (χ1) is 15.2. The predicted octanol–water partition coefficient (Wildman–Crippen LogP) is 2.92. The van der Waals surface area contributed by atoms with Crippen molar-refractivity contribution < 1.29 is 9.53 Å². The Bertz CT molecular complexity index is 1160. The van der Waals surface area contributed by atoms with Crippen molar-refractivity contribution in [1.29, 1.82) is 0 Å². The summed E-state index contributed by atoms with van der Waals surface area (Å²) in [6.45, 7) is 2.63. The molecule has 1 spiro atoms. The van der Waals surface area contributed by atoms with Gasteiger partial charge in [0.05, 0.1) is 30.8 Å². The van der Waals surface area contributed by atoms with Crippen LogP contribution in [0.2, 0.25) is 0 Å². The fraction of sp³-hybridized carbons (Fsp3) is 0.375. The summed E-state index contributed by atoms with van der Waals surface area (Å²) >= 11 is 0. The van der Waals surface area contributed by atoms with E-state index in [1.54, 1.807) is 0 Å². The zero-order valence-electron chi connectivity index (χ0n) is 17.6. The molecular weight excluding hydrogens is 390 g/mol. The number of ether oxygens (including phenoxy) is 1. The molecule has 0 unspecified atom stereocenters. The molecule has 3 aliphatic heterocycles. The number of para-hydroxylation sites is 1. The number of hydrogen-bond donors (Lipinski definition) is 0. The average molecular weight is 415 g/mol. The van der Waals surface area contributed by atoms with Crippen LogP contribution >= 0.6 is 0 Å². The van der Waals surface area contributed by atoms with Crippen molar-refractivity contribution in [2.45, 2.75) is 37.4 Å². The van der Waals surface area contributed by atoms with E-state index in [-0.39, 0.29) is 11.9 Å². The Morgan fingerprint density at radius 1 is 1.13 bits per heavy atom. The van der Waals surface area contributed by atoms with E-state index >= 15 is 0 Å². The molecule has 6 rings (SSSR count). The minimum Gasteiger partial charge on any atom is -0.494 e. The smallest absolute Gasteiger partial charge is 0.240 e. The fourth-order valence-corrected chi connectivity index (χ4v) is 5.62. The van der Waals surface area contributed by atoms with Crippen molar-refractivity contribution in [3.63, 3.8) is 0 Å². The molecule has 1 fully saturated rings. The summed E-state index contributed by atoms with van der Waals surface area (Å²) in [5.74, 6) is 0.997. The van der Waals surface area contributed by atoms with E-state index in [4.69, 9.17) is 4.74 Å². The van der Waals surface area contributed by atoms with Crippen LogP contribution in [0.3, 0.4) is 0 Å². The lowest BCUT2D eigenvalue weighted by molar-refractivity contribution is -0.124. The lowest BCUT2D eigenvalue weighted by Crippen LogP contribution is -2.44. The molecule has 0 radical (unpaired) electrons. The number of aryl methyl sites for hydroxylation is 1. The first kappa shape index (κ1) is 18.6. The highest BCUT2D eigenvalue weighted by molar-refractivity contribution is 6.09. The van der Waals surface area contributed by atoms with E-state index in [0.29, 0.717) is 13.2 Å². The maximum atomic E-state index is 14.2.